The summed E-state index contributed by atoms with van der Waals surface area (Å²) in [6.07, 6.45) is 6.87. The van der Waals surface area contributed by atoms with Crippen LogP contribution in [0.1, 0.15) is 59.0 Å². The maximum Gasteiger partial charge on any atom is 0.272 e. The summed E-state index contributed by atoms with van der Waals surface area (Å²) in [5.74, 6) is -0.324. The van der Waals surface area contributed by atoms with Gasteiger partial charge in [0.1, 0.15) is 5.69 Å². The lowest BCUT2D eigenvalue weighted by Gasteiger charge is -2.19. The first-order chi connectivity index (χ1) is 12.7. The van der Waals surface area contributed by atoms with Crippen molar-refractivity contribution in [3.63, 3.8) is 0 Å². The van der Waals surface area contributed by atoms with E-state index < -0.39 is 0 Å². The standard InChI is InChI=1S/C21H25N3O2/c1-2-16-7-9-18(10-8-16)23-20(25)17-11-12-22-19(15-17)21(26)24-13-5-3-4-6-14-24/h7-12,15H,2-6,13-14H2,1H3,(H,23,25). The number of likely N-dealkylation sites (tertiary alicyclic amines) is 1. The molecule has 26 heavy (non-hydrogen) atoms. The summed E-state index contributed by atoms with van der Waals surface area (Å²) >= 11 is 0. The van der Waals surface area contributed by atoms with Gasteiger partial charge in [-0.2, -0.15) is 0 Å². The van der Waals surface area contributed by atoms with Crippen LogP contribution >= 0.6 is 0 Å². The summed E-state index contributed by atoms with van der Waals surface area (Å²) in [6.45, 7) is 3.62. The second-order valence-corrected chi connectivity index (χ2v) is 6.64. The van der Waals surface area contributed by atoms with Gasteiger partial charge in [-0.15, -0.1) is 0 Å². The van der Waals surface area contributed by atoms with E-state index in [0.29, 0.717) is 11.3 Å². The molecule has 5 nitrogen and oxygen atoms in total. The summed E-state index contributed by atoms with van der Waals surface area (Å²) in [5, 5.41) is 2.87. The van der Waals surface area contributed by atoms with E-state index in [4.69, 9.17) is 0 Å². The molecular weight excluding hydrogens is 326 g/mol. The number of aromatic nitrogens is 1. The molecular formula is C21H25N3O2. The zero-order valence-corrected chi connectivity index (χ0v) is 15.2. The zero-order valence-electron chi connectivity index (χ0n) is 15.2. The third-order valence-corrected chi connectivity index (χ3v) is 4.75. The van der Waals surface area contributed by atoms with E-state index in [1.54, 1.807) is 12.1 Å². The zero-order chi connectivity index (χ0) is 18.4. The van der Waals surface area contributed by atoms with Crippen molar-refractivity contribution >= 4 is 17.5 Å². The predicted octanol–water partition coefficient (Wildman–Crippen LogP) is 3.91. The smallest absolute Gasteiger partial charge is 0.272 e. The summed E-state index contributed by atoms with van der Waals surface area (Å²) in [4.78, 5) is 31.2. The molecule has 1 aliphatic rings. The van der Waals surface area contributed by atoms with Crippen LogP contribution in [0.25, 0.3) is 0 Å². The lowest BCUT2D eigenvalue weighted by molar-refractivity contribution is 0.0755. The number of pyridine rings is 1. The molecule has 5 heteroatoms. The van der Waals surface area contributed by atoms with Crippen molar-refractivity contribution in [3.05, 3.63) is 59.4 Å². The first-order valence-corrected chi connectivity index (χ1v) is 9.33. The highest BCUT2D eigenvalue weighted by atomic mass is 16.2. The molecule has 136 valence electrons. The van der Waals surface area contributed by atoms with Crippen LogP contribution in [0.15, 0.2) is 42.6 Å². The molecule has 0 radical (unpaired) electrons. The summed E-state index contributed by atoms with van der Waals surface area (Å²) in [5.41, 5.74) is 2.74. The third kappa shape index (κ3) is 4.48. The molecule has 1 fully saturated rings. The minimum atomic E-state index is -0.235. The van der Waals surface area contributed by atoms with Crippen LogP contribution in [0.4, 0.5) is 5.69 Å². The molecule has 0 unspecified atom stereocenters. The number of carbonyl (C=O) groups is 2. The van der Waals surface area contributed by atoms with Crippen LogP contribution in [-0.4, -0.2) is 34.8 Å². The molecule has 0 atom stereocenters. The van der Waals surface area contributed by atoms with E-state index in [-0.39, 0.29) is 11.8 Å². The number of amides is 2. The van der Waals surface area contributed by atoms with Gasteiger partial charge in [-0.05, 0) is 49.1 Å². The van der Waals surface area contributed by atoms with E-state index in [1.165, 1.54) is 11.8 Å². The van der Waals surface area contributed by atoms with Gasteiger partial charge in [0.2, 0.25) is 0 Å². The van der Waals surface area contributed by atoms with Crippen LogP contribution in [0.2, 0.25) is 0 Å². The number of rotatable bonds is 4. The molecule has 1 aliphatic heterocycles. The minimum Gasteiger partial charge on any atom is -0.337 e. The van der Waals surface area contributed by atoms with Crippen molar-refractivity contribution in [1.29, 1.82) is 0 Å². The number of hydrogen-bond acceptors (Lipinski definition) is 3. The number of benzene rings is 1. The SMILES string of the molecule is CCc1ccc(NC(=O)c2ccnc(C(=O)N3CCCCCC3)c2)cc1. The fourth-order valence-corrected chi connectivity index (χ4v) is 3.15. The molecule has 1 aromatic carbocycles. The van der Waals surface area contributed by atoms with Crippen molar-refractivity contribution in [1.82, 2.24) is 9.88 Å². The highest BCUT2D eigenvalue weighted by molar-refractivity contribution is 6.05. The Labute approximate surface area is 154 Å². The third-order valence-electron chi connectivity index (χ3n) is 4.75. The summed E-state index contributed by atoms with van der Waals surface area (Å²) in [6, 6.07) is 11.0. The first-order valence-electron chi connectivity index (χ1n) is 9.33. The topological polar surface area (TPSA) is 62.3 Å². The van der Waals surface area contributed by atoms with E-state index in [1.807, 2.05) is 29.2 Å². The van der Waals surface area contributed by atoms with Gasteiger partial charge >= 0.3 is 0 Å². The maximum absolute atomic E-state index is 12.7. The highest BCUT2D eigenvalue weighted by Gasteiger charge is 2.19. The minimum absolute atomic E-state index is 0.0890. The average molecular weight is 351 g/mol. The molecule has 0 aliphatic carbocycles. The van der Waals surface area contributed by atoms with Crippen LogP contribution in [0.3, 0.4) is 0 Å². The lowest BCUT2D eigenvalue weighted by Crippen LogP contribution is -2.32. The Kier molecular flexibility index (Phi) is 6.00. The summed E-state index contributed by atoms with van der Waals surface area (Å²) in [7, 11) is 0. The van der Waals surface area contributed by atoms with E-state index in [0.717, 1.165) is 50.9 Å². The number of nitrogens with zero attached hydrogens (tertiary/aromatic N) is 2. The van der Waals surface area contributed by atoms with Crippen molar-refractivity contribution in [2.45, 2.75) is 39.0 Å². The summed E-state index contributed by atoms with van der Waals surface area (Å²) < 4.78 is 0. The molecule has 1 N–H and O–H groups in total. The first kappa shape index (κ1) is 18.1. The lowest BCUT2D eigenvalue weighted by atomic mass is 10.1. The van der Waals surface area contributed by atoms with Crippen molar-refractivity contribution in [3.8, 4) is 0 Å². The molecule has 3 rings (SSSR count). The van der Waals surface area contributed by atoms with E-state index in [9.17, 15) is 9.59 Å². The Morgan fingerprint density at radius 3 is 2.38 bits per heavy atom. The second-order valence-electron chi connectivity index (χ2n) is 6.64. The number of hydrogen-bond donors (Lipinski definition) is 1. The molecule has 1 aromatic heterocycles. The Balaban J connectivity index is 1.71. The normalized spacial score (nSPS) is 14.6. The Hall–Kier alpha value is -2.69. The second kappa shape index (κ2) is 8.61. The van der Waals surface area contributed by atoms with Crippen LogP contribution < -0.4 is 5.32 Å². The Morgan fingerprint density at radius 1 is 1.04 bits per heavy atom. The number of aryl methyl sites for hydroxylation is 1. The van der Waals surface area contributed by atoms with Crippen molar-refractivity contribution in [2.24, 2.45) is 0 Å². The fourth-order valence-electron chi connectivity index (χ4n) is 3.15. The maximum atomic E-state index is 12.7. The van der Waals surface area contributed by atoms with Crippen LogP contribution in [0.5, 0.6) is 0 Å². The largest absolute Gasteiger partial charge is 0.337 e. The van der Waals surface area contributed by atoms with Gasteiger partial charge in [-0.3, -0.25) is 14.6 Å². The molecule has 2 heterocycles. The van der Waals surface area contributed by atoms with Gasteiger partial charge in [0.05, 0.1) is 0 Å². The Bertz CT molecular complexity index is 763. The van der Waals surface area contributed by atoms with Gasteiger partial charge < -0.3 is 10.2 Å². The van der Waals surface area contributed by atoms with Crippen LogP contribution in [-0.2, 0) is 6.42 Å². The number of carbonyl (C=O) groups excluding carboxylic acids is 2. The molecule has 0 bridgehead atoms. The quantitative estimate of drug-likeness (QED) is 0.908. The Morgan fingerprint density at radius 2 is 1.73 bits per heavy atom. The van der Waals surface area contributed by atoms with Gasteiger partial charge in [-0.25, -0.2) is 0 Å². The van der Waals surface area contributed by atoms with E-state index >= 15 is 0 Å². The molecule has 1 saturated heterocycles. The monoisotopic (exact) mass is 351 g/mol. The molecule has 0 saturated carbocycles. The highest BCUT2D eigenvalue weighted by Crippen LogP contribution is 2.15. The van der Waals surface area contributed by atoms with Crippen molar-refractivity contribution < 1.29 is 9.59 Å². The fraction of sp³-hybridized carbons (Fsp3) is 0.381. The van der Waals surface area contributed by atoms with Gasteiger partial charge in [-0.1, -0.05) is 31.9 Å². The van der Waals surface area contributed by atoms with Gasteiger partial charge in [0, 0.05) is 30.5 Å². The molecule has 2 amide bonds. The number of nitrogens with one attached hydrogen (secondary N) is 1. The van der Waals surface area contributed by atoms with Gasteiger partial charge in [0.15, 0.2) is 0 Å². The predicted molar refractivity (Wildman–Crippen MR) is 102 cm³/mol. The number of anilines is 1. The average Bonchev–Trinajstić information content (AvgIpc) is 2.97. The van der Waals surface area contributed by atoms with Gasteiger partial charge in [0.25, 0.3) is 11.8 Å². The van der Waals surface area contributed by atoms with E-state index in [2.05, 4.69) is 17.2 Å². The van der Waals surface area contributed by atoms with Crippen LogP contribution in [0, 0.1) is 0 Å². The molecule has 0 spiro atoms. The molecule has 2 aromatic rings. The van der Waals surface area contributed by atoms with Crippen molar-refractivity contribution in [2.75, 3.05) is 18.4 Å².